The normalized spacial score (nSPS) is 11.8. The van der Waals surface area contributed by atoms with Crippen molar-refractivity contribution in [2.75, 3.05) is 13.2 Å². The number of rotatable bonds is 42. The molecule has 0 N–H and O–H groups in total. The van der Waals surface area contributed by atoms with Gasteiger partial charge in [0.05, 0.1) is 0 Å². The van der Waals surface area contributed by atoms with Gasteiger partial charge in [-0.1, -0.05) is 220 Å². The molecule has 0 rings (SSSR count). The Kier molecular flexibility index (Phi) is 40.9. The second kappa shape index (κ2) is 42.2. The van der Waals surface area contributed by atoms with Gasteiger partial charge in [-0.15, -0.1) is 0 Å². The molecule has 0 aromatic carbocycles. The van der Waals surface area contributed by atoms with Crippen LogP contribution in [0.25, 0.3) is 0 Å². The summed E-state index contributed by atoms with van der Waals surface area (Å²) < 4.78 is 16.7. The minimum atomic E-state index is -0.757. The number of carbonyl (C=O) groups excluding carboxylic acids is 3. The number of ether oxygens (including phenoxy) is 3. The molecule has 0 radical (unpaired) electrons. The van der Waals surface area contributed by atoms with Gasteiger partial charge >= 0.3 is 17.9 Å². The van der Waals surface area contributed by atoms with Crippen LogP contribution in [0.1, 0.15) is 258 Å². The lowest BCUT2D eigenvalue weighted by Gasteiger charge is -2.18. The van der Waals surface area contributed by atoms with Gasteiger partial charge in [0.1, 0.15) is 13.2 Å². The standard InChI is InChI=1S/C46H88O6/c1-4-7-10-13-16-18-20-22-24-25-27-30-33-36-39-45(48)51-42-43(41-50-44(47)38-35-32-29-15-12-9-6-3)52-46(49)40-37-34-31-28-26-23-21-19-17-14-11-8-5-2/h43H,4-42H2,1-3H3/t43-/m1/s1. The predicted octanol–water partition coefficient (Wildman–Crippen LogP) is 14.5. The van der Waals surface area contributed by atoms with Gasteiger partial charge in [0.2, 0.25) is 0 Å². The van der Waals surface area contributed by atoms with Crippen molar-refractivity contribution in [1.82, 2.24) is 0 Å². The van der Waals surface area contributed by atoms with Crippen LogP contribution in [0.3, 0.4) is 0 Å². The predicted molar refractivity (Wildman–Crippen MR) is 220 cm³/mol. The largest absolute Gasteiger partial charge is 0.462 e. The summed E-state index contributed by atoms with van der Waals surface area (Å²) in [6.07, 6.45) is 42.3. The van der Waals surface area contributed by atoms with E-state index in [2.05, 4.69) is 20.8 Å². The van der Waals surface area contributed by atoms with E-state index < -0.39 is 6.10 Å². The molecule has 6 nitrogen and oxygen atoms in total. The first-order valence-corrected chi connectivity index (χ1v) is 23.0. The Balaban J connectivity index is 4.25. The van der Waals surface area contributed by atoms with Crippen molar-refractivity contribution < 1.29 is 28.6 Å². The van der Waals surface area contributed by atoms with Crippen LogP contribution in [0.15, 0.2) is 0 Å². The molecule has 0 bridgehead atoms. The van der Waals surface area contributed by atoms with E-state index in [4.69, 9.17) is 14.2 Å². The Labute approximate surface area is 323 Å². The summed E-state index contributed by atoms with van der Waals surface area (Å²) >= 11 is 0. The van der Waals surface area contributed by atoms with Crippen LogP contribution in [0, 0.1) is 0 Å². The lowest BCUT2D eigenvalue weighted by Crippen LogP contribution is -2.30. The van der Waals surface area contributed by atoms with Crippen LogP contribution < -0.4 is 0 Å². The lowest BCUT2D eigenvalue weighted by molar-refractivity contribution is -0.167. The average molecular weight is 737 g/mol. The SMILES string of the molecule is CCCCCCCCCCCCCCCCC(=O)OC[C@@H](COC(=O)CCCCCCCCC)OC(=O)CCCCCCCCCCCCCCC. The van der Waals surface area contributed by atoms with Crippen LogP contribution in [0.2, 0.25) is 0 Å². The quantitative estimate of drug-likeness (QED) is 0.0353. The molecule has 52 heavy (non-hydrogen) atoms. The van der Waals surface area contributed by atoms with E-state index in [0.29, 0.717) is 19.3 Å². The highest BCUT2D eigenvalue weighted by molar-refractivity contribution is 5.71. The molecule has 0 unspecified atom stereocenters. The molecule has 0 aliphatic heterocycles. The zero-order valence-corrected chi connectivity index (χ0v) is 35.1. The van der Waals surface area contributed by atoms with Crippen LogP contribution in [-0.2, 0) is 28.6 Å². The van der Waals surface area contributed by atoms with Crippen LogP contribution >= 0.6 is 0 Å². The molecule has 0 amide bonds. The van der Waals surface area contributed by atoms with Gasteiger partial charge in [-0.25, -0.2) is 0 Å². The Hall–Kier alpha value is -1.59. The lowest BCUT2D eigenvalue weighted by atomic mass is 10.0. The molecule has 0 aliphatic rings. The Morgan fingerprint density at radius 2 is 0.519 bits per heavy atom. The Morgan fingerprint density at radius 3 is 0.769 bits per heavy atom. The Bertz CT molecular complexity index is 768. The van der Waals surface area contributed by atoms with Crippen molar-refractivity contribution in [2.24, 2.45) is 0 Å². The van der Waals surface area contributed by atoms with E-state index in [1.807, 2.05) is 0 Å². The van der Waals surface area contributed by atoms with Gasteiger partial charge in [0.25, 0.3) is 0 Å². The van der Waals surface area contributed by atoms with Crippen molar-refractivity contribution in [2.45, 2.75) is 264 Å². The summed E-state index contributed by atoms with van der Waals surface area (Å²) in [5.74, 6) is -0.857. The summed E-state index contributed by atoms with van der Waals surface area (Å²) in [5, 5.41) is 0. The van der Waals surface area contributed by atoms with Crippen LogP contribution in [0.5, 0.6) is 0 Å². The molecule has 6 heteroatoms. The van der Waals surface area contributed by atoms with E-state index in [-0.39, 0.29) is 31.1 Å². The maximum Gasteiger partial charge on any atom is 0.306 e. The van der Waals surface area contributed by atoms with Gasteiger partial charge in [-0.05, 0) is 19.3 Å². The van der Waals surface area contributed by atoms with Gasteiger partial charge in [-0.2, -0.15) is 0 Å². The zero-order valence-electron chi connectivity index (χ0n) is 35.1. The topological polar surface area (TPSA) is 78.9 Å². The molecule has 0 aromatic heterocycles. The third-order valence-corrected chi connectivity index (χ3v) is 10.4. The highest BCUT2D eigenvalue weighted by Gasteiger charge is 2.19. The summed E-state index contributed by atoms with van der Waals surface area (Å²) in [7, 11) is 0. The van der Waals surface area contributed by atoms with Crippen LogP contribution in [-0.4, -0.2) is 37.2 Å². The van der Waals surface area contributed by atoms with E-state index >= 15 is 0 Å². The fourth-order valence-electron chi connectivity index (χ4n) is 6.85. The highest BCUT2D eigenvalue weighted by atomic mass is 16.6. The average Bonchev–Trinajstić information content (AvgIpc) is 3.14. The highest BCUT2D eigenvalue weighted by Crippen LogP contribution is 2.16. The summed E-state index contributed by atoms with van der Waals surface area (Å²) in [4.78, 5) is 37.6. The molecule has 0 saturated heterocycles. The number of carbonyl (C=O) groups is 3. The molecule has 0 spiro atoms. The molecule has 0 fully saturated rings. The monoisotopic (exact) mass is 737 g/mol. The van der Waals surface area contributed by atoms with Gasteiger partial charge in [-0.3, -0.25) is 14.4 Å². The molecule has 308 valence electrons. The molecular weight excluding hydrogens is 648 g/mol. The maximum atomic E-state index is 12.7. The molecule has 0 saturated carbocycles. The number of hydrogen-bond acceptors (Lipinski definition) is 6. The second-order valence-corrected chi connectivity index (χ2v) is 15.7. The minimum absolute atomic E-state index is 0.0630. The van der Waals surface area contributed by atoms with Crippen LogP contribution in [0.4, 0.5) is 0 Å². The summed E-state index contributed by atoms with van der Waals surface area (Å²) in [6.45, 7) is 6.62. The smallest absolute Gasteiger partial charge is 0.306 e. The van der Waals surface area contributed by atoms with E-state index in [0.717, 1.165) is 57.8 Å². The first-order chi connectivity index (χ1) is 25.5. The van der Waals surface area contributed by atoms with E-state index in [1.54, 1.807) is 0 Å². The number of esters is 3. The fourth-order valence-corrected chi connectivity index (χ4v) is 6.85. The van der Waals surface area contributed by atoms with Crippen molar-refractivity contribution in [3.8, 4) is 0 Å². The third-order valence-electron chi connectivity index (χ3n) is 10.4. The molecule has 0 heterocycles. The molecule has 0 aliphatic carbocycles. The number of hydrogen-bond donors (Lipinski definition) is 0. The van der Waals surface area contributed by atoms with Gasteiger partial charge < -0.3 is 14.2 Å². The fraction of sp³-hybridized carbons (Fsp3) is 0.935. The van der Waals surface area contributed by atoms with Crippen molar-refractivity contribution in [1.29, 1.82) is 0 Å². The zero-order chi connectivity index (χ0) is 38.0. The van der Waals surface area contributed by atoms with E-state index in [9.17, 15) is 14.4 Å². The minimum Gasteiger partial charge on any atom is -0.462 e. The van der Waals surface area contributed by atoms with E-state index in [1.165, 1.54) is 161 Å². The van der Waals surface area contributed by atoms with Crippen molar-refractivity contribution in [3.05, 3.63) is 0 Å². The maximum absolute atomic E-state index is 12.7. The van der Waals surface area contributed by atoms with Gasteiger partial charge in [0, 0.05) is 19.3 Å². The number of unbranched alkanes of at least 4 members (excludes halogenated alkanes) is 31. The molecular formula is C46H88O6. The summed E-state index contributed by atoms with van der Waals surface area (Å²) in [6, 6.07) is 0. The summed E-state index contributed by atoms with van der Waals surface area (Å²) in [5.41, 5.74) is 0. The second-order valence-electron chi connectivity index (χ2n) is 15.7. The van der Waals surface area contributed by atoms with Crippen molar-refractivity contribution in [3.63, 3.8) is 0 Å². The van der Waals surface area contributed by atoms with Gasteiger partial charge in [0.15, 0.2) is 6.10 Å². The first-order valence-electron chi connectivity index (χ1n) is 23.0. The molecule has 0 aromatic rings. The first kappa shape index (κ1) is 50.4. The van der Waals surface area contributed by atoms with Crippen molar-refractivity contribution >= 4 is 17.9 Å². The third kappa shape index (κ3) is 39.6. The Morgan fingerprint density at radius 1 is 0.308 bits per heavy atom. The molecule has 1 atom stereocenters.